The molecule has 0 radical (unpaired) electrons. The molecule has 0 aliphatic carbocycles. The van der Waals surface area contributed by atoms with Crippen molar-refractivity contribution in [1.29, 1.82) is 0 Å². The van der Waals surface area contributed by atoms with E-state index in [2.05, 4.69) is 15.4 Å². The second-order valence-corrected chi connectivity index (χ2v) is 4.48. The van der Waals surface area contributed by atoms with Crippen LogP contribution in [-0.4, -0.2) is 33.7 Å². The highest BCUT2D eigenvalue weighted by Gasteiger charge is 2.52. The van der Waals surface area contributed by atoms with Gasteiger partial charge >= 0.3 is 7.12 Å². The molecule has 0 amide bonds. The lowest BCUT2D eigenvalue weighted by Gasteiger charge is -2.32. The summed E-state index contributed by atoms with van der Waals surface area (Å²) < 4.78 is 11.5. The Morgan fingerprint density at radius 1 is 1.21 bits per heavy atom. The smallest absolute Gasteiger partial charge is 0.398 e. The molecule has 14 heavy (non-hydrogen) atoms. The minimum atomic E-state index is -0.418. The summed E-state index contributed by atoms with van der Waals surface area (Å²) in [6.45, 7) is 8.03. The molecule has 1 aliphatic rings. The van der Waals surface area contributed by atoms with Gasteiger partial charge in [-0.25, -0.2) is 0 Å². The molecule has 1 saturated heterocycles. The molecule has 1 fully saturated rings. The Bertz CT molecular complexity index is 307. The number of aromatic amines is 1. The summed E-state index contributed by atoms with van der Waals surface area (Å²) in [6.07, 6.45) is 1.61. The Kier molecular flexibility index (Phi) is 1.94. The predicted molar refractivity (Wildman–Crippen MR) is 52.1 cm³/mol. The van der Waals surface area contributed by atoms with Gasteiger partial charge in [0.25, 0.3) is 0 Å². The second kappa shape index (κ2) is 2.81. The summed E-state index contributed by atoms with van der Waals surface area (Å²) in [4.78, 5) is 0. The lowest BCUT2D eigenvalue weighted by molar-refractivity contribution is 0.00578. The molecule has 1 aliphatic heterocycles. The Labute approximate surface area is 83.3 Å². The maximum Gasteiger partial charge on any atom is 0.518 e. The second-order valence-electron chi connectivity index (χ2n) is 4.48. The van der Waals surface area contributed by atoms with Gasteiger partial charge in [0.2, 0.25) is 0 Å². The highest BCUT2D eigenvalue weighted by molar-refractivity contribution is 6.61. The largest absolute Gasteiger partial charge is 0.518 e. The van der Waals surface area contributed by atoms with Crippen LogP contribution in [0.15, 0.2) is 6.20 Å². The molecule has 5 nitrogen and oxygen atoms in total. The molecule has 0 spiro atoms. The van der Waals surface area contributed by atoms with Gasteiger partial charge in [-0.1, -0.05) is 0 Å². The van der Waals surface area contributed by atoms with Crippen LogP contribution < -0.4 is 5.59 Å². The Morgan fingerprint density at radius 3 is 2.21 bits per heavy atom. The fraction of sp³-hybridized carbons (Fsp3) is 0.750. The standard InChI is InChI=1S/C8H14BN3O2/c1-7(2)8(3,4)14-9(13-7)6-5-10-12-11-6/h5H,1-4H3,(H,10,11,12). The topological polar surface area (TPSA) is 60.0 Å². The van der Waals surface area contributed by atoms with Crippen molar-refractivity contribution >= 4 is 12.7 Å². The van der Waals surface area contributed by atoms with Crippen molar-refractivity contribution < 1.29 is 9.31 Å². The summed E-state index contributed by atoms with van der Waals surface area (Å²) in [6, 6.07) is 0. The molecule has 0 bridgehead atoms. The van der Waals surface area contributed by atoms with E-state index in [-0.39, 0.29) is 11.2 Å². The molecular formula is C8H14BN3O2. The molecular weight excluding hydrogens is 181 g/mol. The molecule has 0 saturated carbocycles. The van der Waals surface area contributed by atoms with E-state index in [9.17, 15) is 0 Å². The van der Waals surface area contributed by atoms with Crippen molar-refractivity contribution in [3.63, 3.8) is 0 Å². The van der Waals surface area contributed by atoms with E-state index in [1.807, 2.05) is 27.7 Å². The van der Waals surface area contributed by atoms with E-state index in [0.29, 0.717) is 5.59 Å². The third-order valence-corrected chi connectivity index (χ3v) is 2.93. The molecule has 2 heterocycles. The van der Waals surface area contributed by atoms with Crippen molar-refractivity contribution in [2.24, 2.45) is 0 Å². The normalized spacial score (nSPS) is 24.1. The average molecular weight is 195 g/mol. The Balaban J connectivity index is 2.22. The molecule has 2 rings (SSSR count). The number of hydrogen-bond acceptors (Lipinski definition) is 4. The van der Waals surface area contributed by atoms with E-state index in [4.69, 9.17) is 9.31 Å². The first-order valence-corrected chi connectivity index (χ1v) is 4.64. The zero-order valence-electron chi connectivity index (χ0n) is 8.87. The first kappa shape index (κ1) is 9.67. The summed E-state index contributed by atoms with van der Waals surface area (Å²) >= 11 is 0. The summed E-state index contributed by atoms with van der Waals surface area (Å²) in [5, 5.41) is 10.2. The van der Waals surface area contributed by atoms with Gasteiger partial charge < -0.3 is 9.31 Å². The first-order chi connectivity index (χ1) is 6.42. The third kappa shape index (κ3) is 1.34. The van der Waals surface area contributed by atoms with Crippen LogP contribution in [0.5, 0.6) is 0 Å². The van der Waals surface area contributed by atoms with Crippen molar-refractivity contribution in [1.82, 2.24) is 15.4 Å². The predicted octanol–water partition coefficient (Wildman–Crippen LogP) is 0.104. The first-order valence-electron chi connectivity index (χ1n) is 4.64. The van der Waals surface area contributed by atoms with Gasteiger partial charge in [0.05, 0.1) is 17.4 Å². The average Bonchev–Trinajstić information content (AvgIpc) is 2.58. The number of rotatable bonds is 1. The highest BCUT2D eigenvalue weighted by Crippen LogP contribution is 2.36. The maximum absolute atomic E-state index is 5.76. The van der Waals surface area contributed by atoms with Crippen LogP contribution in [-0.2, 0) is 9.31 Å². The van der Waals surface area contributed by atoms with Crippen molar-refractivity contribution in [2.45, 2.75) is 38.9 Å². The molecule has 1 aromatic heterocycles. The molecule has 0 aromatic carbocycles. The fourth-order valence-corrected chi connectivity index (χ4v) is 1.29. The van der Waals surface area contributed by atoms with Crippen LogP contribution in [0.3, 0.4) is 0 Å². The summed E-state index contributed by atoms with van der Waals surface area (Å²) in [5.41, 5.74) is 0.0383. The van der Waals surface area contributed by atoms with Gasteiger partial charge in [0, 0.05) is 0 Å². The van der Waals surface area contributed by atoms with Crippen LogP contribution in [0, 0.1) is 0 Å². The zero-order valence-corrected chi connectivity index (χ0v) is 8.87. The third-order valence-electron chi connectivity index (χ3n) is 2.93. The number of aromatic nitrogens is 3. The molecule has 1 N–H and O–H groups in total. The number of nitrogens with zero attached hydrogens (tertiary/aromatic N) is 2. The van der Waals surface area contributed by atoms with Crippen molar-refractivity contribution in [2.75, 3.05) is 0 Å². The molecule has 76 valence electrons. The summed E-state index contributed by atoms with van der Waals surface area (Å²) in [5.74, 6) is 0. The van der Waals surface area contributed by atoms with Gasteiger partial charge in [-0.05, 0) is 27.7 Å². The Hall–Kier alpha value is -0.875. The number of nitrogens with one attached hydrogen (secondary N) is 1. The minimum absolute atomic E-state index is 0.323. The fourth-order valence-electron chi connectivity index (χ4n) is 1.29. The SMILES string of the molecule is CC1(C)OB(c2cn[nH]n2)OC1(C)C. The van der Waals surface area contributed by atoms with Crippen molar-refractivity contribution in [3.8, 4) is 0 Å². The highest BCUT2D eigenvalue weighted by atomic mass is 16.7. The molecule has 6 heteroatoms. The quantitative estimate of drug-likeness (QED) is 0.645. The molecule has 0 atom stereocenters. The zero-order chi connectivity index (χ0) is 10.4. The monoisotopic (exact) mass is 195 g/mol. The molecule has 1 aromatic rings. The number of hydrogen-bond donors (Lipinski definition) is 1. The molecule has 0 unspecified atom stereocenters. The lowest BCUT2D eigenvalue weighted by atomic mass is 9.86. The van der Waals surface area contributed by atoms with E-state index in [1.54, 1.807) is 6.20 Å². The van der Waals surface area contributed by atoms with Crippen molar-refractivity contribution in [3.05, 3.63) is 6.20 Å². The van der Waals surface area contributed by atoms with Gasteiger partial charge in [0.15, 0.2) is 0 Å². The van der Waals surface area contributed by atoms with E-state index in [0.717, 1.165) is 0 Å². The summed E-state index contributed by atoms with van der Waals surface area (Å²) in [7, 11) is -0.418. The van der Waals surface area contributed by atoms with E-state index >= 15 is 0 Å². The van der Waals surface area contributed by atoms with E-state index in [1.165, 1.54) is 0 Å². The van der Waals surface area contributed by atoms with Crippen LogP contribution in [0.4, 0.5) is 0 Å². The Morgan fingerprint density at radius 2 is 1.79 bits per heavy atom. The van der Waals surface area contributed by atoms with Gasteiger partial charge in [-0.2, -0.15) is 15.4 Å². The van der Waals surface area contributed by atoms with Crippen LogP contribution >= 0.6 is 0 Å². The van der Waals surface area contributed by atoms with Crippen LogP contribution in [0.1, 0.15) is 27.7 Å². The lowest BCUT2D eigenvalue weighted by Crippen LogP contribution is -2.41. The maximum atomic E-state index is 5.76. The van der Waals surface area contributed by atoms with Gasteiger partial charge in [-0.15, -0.1) is 0 Å². The van der Waals surface area contributed by atoms with Crippen LogP contribution in [0.2, 0.25) is 0 Å². The minimum Gasteiger partial charge on any atom is -0.398 e. The van der Waals surface area contributed by atoms with Gasteiger partial charge in [-0.3, -0.25) is 0 Å². The van der Waals surface area contributed by atoms with Gasteiger partial charge in [0.1, 0.15) is 5.59 Å². The van der Waals surface area contributed by atoms with E-state index < -0.39 is 7.12 Å². The van der Waals surface area contributed by atoms with Crippen LogP contribution in [0.25, 0.3) is 0 Å². The number of H-pyrrole nitrogens is 1.